The fourth-order valence-corrected chi connectivity index (χ4v) is 2.67. The molecular weight excluding hydrogens is 322 g/mol. The fourth-order valence-electron chi connectivity index (χ4n) is 2.67. The quantitative estimate of drug-likeness (QED) is 0.794. The van der Waals surface area contributed by atoms with Crippen molar-refractivity contribution in [2.75, 3.05) is 13.2 Å². The number of amides is 1. The lowest BCUT2D eigenvalue weighted by Gasteiger charge is -2.26. The molecule has 0 radical (unpaired) electrons. The van der Waals surface area contributed by atoms with Crippen molar-refractivity contribution in [1.82, 2.24) is 5.32 Å². The van der Waals surface area contributed by atoms with Crippen molar-refractivity contribution >= 4 is 16.9 Å². The number of hydrogen-bond donors (Lipinski definition) is 1. The number of benzene rings is 2. The zero-order chi connectivity index (χ0) is 17.2. The van der Waals surface area contributed by atoms with Crippen molar-refractivity contribution in [1.29, 1.82) is 0 Å². The Balaban J connectivity index is 1.45. The van der Waals surface area contributed by atoms with Crippen LogP contribution in [0.15, 0.2) is 63.8 Å². The van der Waals surface area contributed by atoms with E-state index in [1.807, 2.05) is 24.3 Å². The number of hydrogen-bond acceptors (Lipinski definition) is 5. The Kier molecular flexibility index (Phi) is 3.85. The lowest BCUT2D eigenvalue weighted by Crippen LogP contribution is -2.40. The average Bonchev–Trinajstić information content (AvgIpc) is 2.66. The molecule has 6 heteroatoms. The van der Waals surface area contributed by atoms with Crippen LogP contribution >= 0.6 is 0 Å². The molecule has 0 aliphatic carbocycles. The molecule has 0 fully saturated rings. The number of para-hydroxylation sites is 3. The van der Waals surface area contributed by atoms with E-state index < -0.39 is 5.91 Å². The van der Waals surface area contributed by atoms with Gasteiger partial charge in [-0.3, -0.25) is 9.59 Å². The van der Waals surface area contributed by atoms with Gasteiger partial charge in [-0.1, -0.05) is 24.3 Å². The molecule has 2 heterocycles. The van der Waals surface area contributed by atoms with Gasteiger partial charge in [0.25, 0.3) is 5.91 Å². The minimum Gasteiger partial charge on any atom is -0.486 e. The van der Waals surface area contributed by atoms with Crippen LogP contribution < -0.4 is 20.2 Å². The third-order valence-corrected chi connectivity index (χ3v) is 3.92. The fraction of sp³-hybridized carbons (Fsp3) is 0.158. The number of ether oxygens (including phenoxy) is 2. The molecule has 6 nitrogen and oxygen atoms in total. The molecule has 1 aromatic heterocycles. The van der Waals surface area contributed by atoms with Crippen LogP contribution in [0.25, 0.3) is 11.0 Å². The first kappa shape index (κ1) is 15.3. The molecule has 0 saturated heterocycles. The largest absolute Gasteiger partial charge is 0.486 e. The molecule has 1 N–H and O–H groups in total. The highest BCUT2D eigenvalue weighted by Gasteiger charge is 2.22. The molecule has 2 aromatic carbocycles. The van der Waals surface area contributed by atoms with E-state index in [9.17, 15) is 9.59 Å². The van der Waals surface area contributed by atoms with Crippen LogP contribution in [0.3, 0.4) is 0 Å². The Labute approximate surface area is 143 Å². The Morgan fingerprint density at radius 3 is 2.72 bits per heavy atom. The molecule has 0 saturated carbocycles. The lowest BCUT2D eigenvalue weighted by atomic mass is 10.2. The Morgan fingerprint density at radius 1 is 1.08 bits per heavy atom. The van der Waals surface area contributed by atoms with E-state index in [1.165, 1.54) is 6.07 Å². The molecule has 1 unspecified atom stereocenters. The first-order chi connectivity index (χ1) is 12.2. The number of carbonyl (C=O) groups is 1. The zero-order valence-electron chi connectivity index (χ0n) is 13.2. The van der Waals surface area contributed by atoms with E-state index in [0.29, 0.717) is 29.1 Å². The van der Waals surface area contributed by atoms with Crippen molar-refractivity contribution in [3.05, 3.63) is 70.6 Å². The van der Waals surface area contributed by atoms with Gasteiger partial charge in [0, 0.05) is 6.07 Å². The Hall–Kier alpha value is -3.28. The van der Waals surface area contributed by atoms with Crippen molar-refractivity contribution < 1.29 is 18.7 Å². The molecular formula is C19H15NO5. The van der Waals surface area contributed by atoms with Crippen LogP contribution in [-0.2, 0) is 0 Å². The number of fused-ring (bicyclic) bond motifs is 2. The van der Waals surface area contributed by atoms with E-state index in [1.54, 1.807) is 24.3 Å². The number of carbonyl (C=O) groups excluding carboxylic acids is 1. The van der Waals surface area contributed by atoms with Crippen LogP contribution in [-0.4, -0.2) is 25.2 Å². The number of nitrogens with one attached hydrogen (secondary N) is 1. The van der Waals surface area contributed by atoms with Gasteiger partial charge in [0.15, 0.2) is 22.7 Å². The van der Waals surface area contributed by atoms with Gasteiger partial charge in [-0.25, -0.2) is 0 Å². The van der Waals surface area contributed by atoms with Crippen LogP contribution in [0, 0.1) is 0 Å². The van der Waals surface area contributed by atoms with E-state index >= 15 is 0 Å². The predicted molar refractivity (Wildman–Crippen MR) is 91.2 cm³/mol. The highest BCUT2D eigenvalue weighted by molar-refractivity contribution is 5.93. The van der Waals surface area contributed by atoms with Gasteiger partial charge in [0.05, 0.1) is 11.9 Å². The summed E-state index contributed by atoms with van der Waals surface area (Å²) in [6.07, 6.45) is -0.314. The van der Waals surface area contributed by atoms with Crippen LogP contribution in [0.1, 0.15) is 10.6 Å². The highest BCUT2D eigenvalue weighted by atomic mass is 16.6. The standard InChI is InChI=1S/C19H15NO5/c21-14-9-18(25-15-6-2-1-5-13(14)15)19(22)20-10-12-11-23-16-7-3-4-8-17(16)24-12/h1-9,12H,10-11H2,(H,20,22). The molecule has 25 heavy (non-hydrogen) atoms. The van der Waals surface area contributed by atoms with Crippen molar-refractivity contribution in [3.63, 3.8) is 0 Å². The third kappa shape index (κ3) is 3.06. The van der Waals surface area contributed by atoms with Crippen LogP contribution in [0.5, 0.6) is 11.5 Å². The summed E-state index contributed by atoms with van der Waals surface area (Å²) in [6.45, 7) is 0.572. The molecule has 1 atom stereocenters. The molecule has 1 aliphatic rings. The lowest BCUT2D eigenvalue weighted by molar-refractivity contribution is 0.0773. The summed E-state index contributed by atoms with van der Waals surface area (Å²) >= 11 is 0. The summed E-state index contributed by atoms with van der Waals surface area (Å²) in [5.74, 6) is 0.835. The molecule has 0 spiro atoms. The summed E-state index contributed by atoms with van der Waals surface area (Å²) in [6, 6.07) is 15.4. The first-order valence-electron chi connectivity index (χ1n) is 7.90. The Morgan fingerprint density at radius 2 is 1.84 bits per heavy atom. The summed E-state index contributed by atoms with van der Waals surface area (Å²) in [4.78, 5) is 24.4. The van der Waals surface area contributed by atoms with Gasteiger partial charge in [-0.2, -0.15) is 0 Å². The van der Waals surface area contributed by atoms with Gasteiger partial charge in [0.2, 0.25) is 0 Å². The maximum atomic E-state index is 12.3. The minimum absolute atomic E-state index is 0.0270. The van der Waals surface area contributed by atoms with Gasteiger partial charge in [-0.05, 0) is 24.3 Å². The maximum absolute atomic E-state index is 12.3. The summed E-state index contributed by atoms with van der Waals surface area (Å²) in [5.41, 5.74) is 0.129. The zero-order valence-corrected chi connectivity index (χ0v) is 13.2. The van der Waals surface area contributed by atoms with Crippen molar-refractivity contribution in [2.24, 2.45) is 0 Å². The summed E-state index contributed by atoms with van der Waals surface area (Å²) in [5, 5.41) is 3.16. The van der Waals surface area contributed by atoms with E-state index in [2.05, 4.69) is 5.32 Å². The molecule has 3 aromatic rings. The minimum atomic E-state index is -0.467. The van der Waals surface area contributed by atoms with Gasteiger partial charge >= 0.3 is 0 Å². The smallest absolute Gasteiger partial charge is 0.287 e. The second kappa shape index (κ2) is 6.32. The van der Waals surface area contributed by atoms with E-state index in [4.69, 9.17) is 13.9 Å². The predicted octanol–water partition coefficient (Wildman–Crippen LogP) is 2.36. The average molecular weight is 337 g/mol. The Bertz CT molecular complexity index is 994. The SMILES string of the molecule is O=C(NCC1COc2ccccc2O1)c1cc(=O)c2ccccc2o1. The van der Waals surface area contributed by atoms with Crippen LogP contribution in [0.4, 0.5) is 0 Å². The molecule has 126 valence electrons. The summed E-state index contributed by atoms with van der Waals surface area (Å²) in [7, 11) is 0. The second-order valence-corrected chi connectivity index (χ2v) is 5.68. The van der Waals surface area contributed by atoms with E-state index in [0.717, 1.165) is 0 Å². The van der Waals surface area contributed by atoms with Crippen molar-refractivity contribution in [2.45, 2.75) is 6.10 Å². The highest BCUT2D eigenvalue weighted by Crippen LogP contribution is 2.30. The molecule has 1 aliphatic heterocycles. The second-order valence-electron chi connectivity index (χ2n) is 5.68. The normalized spacial score (nSPS) is 15.8. The maximum Gasteiger partial charge on any atom is 0.287 e. The molecule has 0 bridgehead atoms. The number of rotatable bonds is 3. The van der Waals surface area contributed by atoms with Gasteiger partial charge in [-0.15, -0.1) is 0 Å². The van der Waals surface area contributed by atoms with Crippen molar-refractivity contribution in [3.8, 4) is 11.5 Å². The topological polar surface area (TPSA) is 77.8 Å². The first-order valence-corrected chi connectivity index (χ1v) is 7.90. The molecule has 1 amide bonds. The van der Waals surface area contributed by atoms with Gasteiger partial charge in [0.1, 0.15) is 18.3 Å². The van der Waals surface area contributed by atoms with Crippen LogP contribution in [0.2, 0.25) is 0 Å². The third-order valence-electron chi connectivity index (χ3n) is 3.92. The summed E-state index contributed by atoms with van der Waals surface area (Å²) < 4.78 is 16.9. The monoisotopic (exact) mass is 337 g/mol. The van der Waals surface area contributed by atoms with E-state index in [-0.39, 0.29) is 23.8 Å². The molecule has 4 rings (SSSR count). The van der Waals surface area contributed by atoms with Gasteiger partial charge < -0.3 is 19.2 Å².